The van der Waals surface area contributed by atoms with Crippen molar-refractivity contribution in [2.45, 2.75) is 31.8 Å². The van der Waals surface area contributed by atoms with Crippen LogP contribution < -0.4 is 0 Å². The Hall–Kier alpha value is -0.860. The van der Waals surface area contributed by atoms with E-state index >= 15 is 0 Å². The van der Waals surface area contributed by atoms with Crippen molar-refractivity contribution in [3.05, 3.63) is 46.3 Å². The standard InChI is InChI=1S/C13H14ClFO/c14-11-5-4-10(13(15)8-11)6-9-2-1-3-12(16)7-9/h4-5,7-8,12,16H,1-3,6H2. The van der Waals surface area contributed by atoms with Gasteiger partial charge >= 0.3 is 0 Å². The Morgan fingerprint density at radius 3 is 2.94 bits per heavy atom. The van der Waals surface area contributed by atoms with Crippen molar-refractivity contribution in [3.63, 3.8) is 0 Å². The molecule has 0 bridgehead atoms. The van der Waals surface area contributed by atoms with Crippen LogP contribution in [0.4, 0.5) is 4.39 Å². The van der Waals surface area contributed by atoms with Crippen molar-refractivity contribution >= 4 is 11.6 Å². The van der Waals surface area contributed by atoms with Gasteiger partial charge in [0.1, 0.15) is 5.82 Å². The monoisotopic (exact) mass is 240 g/mol. The Morgan fingerprint density at radius 2 is 2.25 bits per heavy atom. The molecule has 1 aromatic rings. The van der Waals surface area contributed by atoms with E-state index in [1.165, 1.54) is 6.07 Å². The number of aliphatic hydroxyl groups excluding tert-OH is 1. The SMILES string of the molecule is OC1C=C(Cc2ccc(Cl)cc2F)CCC1. The molecule has 2 rings (SSSR count). The topological polar surface area (TPSA) is 20.2 Å². The quantitative estimate of drug-likeness (QED) is 0.785. The Morgan fingerprint density at radius 1 is 1.44 bits per heavy atom. The fourth-order valence-electron chi connectivity index (χ4n) is 2.03. The number of rotatable bonds is 2. The van der Waals surface area contributed by atoms with Crippen LogP contribution in [0.1, 0.15) is 24.8 Å². The third-order valence-corrected chi connectivity index (χ3v) is 3.09. The molecule has 1 atom stereocenters. The summed E-state index contributed by atoms with van der Waals surface area (Å²) in [5, 5.41) is 9.90. The Bertz CT molecular complexity index is 414. The Labute approximate surface area is 99.6 Å². The van der Waals surface area contributed by atoms with Crippen LogP contribution in [-0.2, 0) is 6.42 Å². The second-order valence-corrected chi connectivity index (χ2v) is 4.63. The molecule has 1 N–H and O–H groups in total. The summed E-state index contributed by atoms with van der Waals surface area (Å²) in [6, 6.07) is 4.73. The van der Waals surface area contributed by atoms with E-state index < -0.39 is 0 Å². The first kappa shape index (κ1) is 11.6. The highest BCUT2D eigenvalue weighted by molar-refractivity contribution is 6.30. The molecule has 0 saturated heterocycles. The molecule has 1 aliphatic rings. The average molecular weight is 241 g/mol. The molecule has 0 spiro atoms. The minimum atomic E-state index is -0.362. The van der Waals surface area contributed by atoms with Gasteiger partial charge in [0.25, 0.3) is 0 Å². The molecule has 0 fully saturated rings. The molecule has 3 heteroatoms. The molecule has 0 aliphatic heterocycles. The molecule has 1 aliphatic carbocycles. The van der Waals surface area contributed by atoms with E-state index in [1.54, 1.807) is 12.1 Å². The average Bonchev–Trinajstić information content (AvgIpc) is 2.22. The number of halogens is 2. The fraction of sp³-hybridized carbons (Fsp3) is 0.385. The lowest BCUT2D eigenvalue weighted by Crippen LogP contribution is -2.10. The summed E-state index contributed by atoms with van der Waals surface area (Å²) < 4.78 is 13.5. The number of allylic oxidation sites excluding steroid dienone is 1. The van der Waals surface area contributed by atoms with Gasteiger partial charge in [-0.3, -0.25) is 0 Å². The van der Waals surface area contributed by atoms with Crippen molar-refractivity contribution in [1.29, 1.82) is 0 Å². The van der Waals surface area contributed by atoms with E-state index in [0.717, 1.165) is 24.8 Å². The van der Waals surface area contributed by atoms with Crippen LogP contribution in [-0.4, -0.2) is 11.2 Å². The number of hydrogen-bond acceptors (Lipinski definition) is 1. The second-order valence-electron chi connectivity index (χ2n) is 4.20. The maximum Gasteiger partial charge on any atom is 0.128 e. The van der Waals surface area contributed by atoms with E-state index in [4.69, 9.17) is 11.6 Å². The zero-order valence-corrected chi connectivity index (χ0v) is 9.67. The van der Waals surface area contributed by atoms with Gasteiger partial charge in [-0.1, -0.05) is 29.3 Å². The highest BCUT2D eigenvalue weighted by Crippen LogP contribution is 2.24. The lowest BCUT2D eigenvalue weighted by atomic mass is 9.92. The Kier molecular flexibility index (Phi) is 3.62. The van der Waals surface area contributed by atoms with Crippen LogP contribution in [0.3, 0.4) is 0 Å². The first-order valence-electron chi connectivity index (χ1n) is 5.47. The molecular weight excluding hydrogens is 227 g/mol. The molecule has 16 heavy (non-hydrogen) atoms. The molecule has 0 aromatic heterocycles. The van der Waals surface area contributed by atoms with Crippen molar-refractivity contribution < 1.29 is 9.50 Å². The molecule has 0 heterocycles. The predicted molar refractivity (Wildman–Crippen MR) is 63.1 cm³/mol. The van der Waals surface area contributed by atoms with Crippen molar-refractivity contribution in [3.8, 4) is 0 Å². The summed E-state index contributed by atoms with van der Waals surface area (Å²) in [6.07, 6.45) is 4.78. The van der Waals surface area contributed by atoms with Gasteiger partial charge in [0.15, 0.2) is 0 Å². The molecule has 1 nitrogen and oxygen atoms in total. The normalized spacial score (nSPS) is 20.7. The molecule has 0 saturated carbocycles. The first-order valence-corrected chi connectivity index (χ1v) is 5.84. The van der Waals surface area contributed by atoms with Crippen LogP contribution >= 0.6 is 11.6 Å². The van der Waals surface area contributed by atoms with E-state index in [9.17, 15) is 9.50 Å². The van der Waals surface area contributed by atoms with E-state index in [-0.39, 0.29) is 11.9 Å². The van der Waals surface area contributed by atoms with Crippen molar-refractivity contribution in [2.75, 3.05) is 0 Å². The van der Waals surface area contributed by atoms with Crippen molar-refractivity contribution in [2.24, 2.45) is 0 Å². The molecular formula is C13H14ClFO. The zero-order chi connectivity index (χ0) is 11.5. The summed E-state index contributed by atoms with van der Waals surface area (Å²) in [6.45, 7) is 0. The highest BCUT2D eigenvalue weighted by Gasteiger charge is 2.12. The predicted octanol–water partition coefficient (Wildman–Crippen LogP) is 3.49. The summed E-state index contributed by atoms with van der Waals surface area (Å²) >= 11 is 5.69. The molecule has 1 unspecified atom stereocenters. The van der Waals surface area contributed by atoms with Crippen LogP contribution in [0.2, 0.25) is 5.02 Å². The maximum atomic E-state index is 13.5. The van der Waals surface area contributed by atoms with Gasteiger partial charge in [-0.05, 0) is 43.4 Å². The third kappa shape index (κ3) is 2.83. The minimum Gasteiger partial charge on any atom is -0.389 e. The Balaban J connectivity index is 2.14. The fourth-order valence-corrected chi connectivity index (χ4v) is 2.19. The molecule has 0 radical (unpaired) electrons. The van der Waals surface area contributed by atoms with E-state index in [2.05, 4.69) is 0 Å². The van der Waals surface area contributed by atoms with Crippen LogP contribution in [0.5, 0.6) is 0 Å². The number of benzene rings is 1. The smallest absolute Gasteiger partial charge is 0.128 e. The van der Waals surface area contributed by atoms with Crippen molar-refractivity contribution in [1.82, 2.24) is 0 Å². The van der Waals surface area contributed by atoms with E-state index in [1.807, 2.05) is 6.08 Å². The van der Waals surface area contributed by atoms with Gasteiger partial charge in [0, 0.05) is 5.02 Å². The lowest BCUT2D eigenvalue weighted by Gasteiger charge is -2.17. The summed E-state index contributed by atoms with van der Waals surface area (Å²) in [7, 11) is 0. The summed E-state index contributed by atoms with van der Waals surface area (Å²) in [4.78, 5) is 0. The van der Waals surface area contributed by atoms with Gasteiger partial charge in [0.05, 0.1) is 6.10 Å². The van der Waals surface area contributed by atoms with E-state index in [0.29, 0.717) is 17.0 Å². The number of aliphatic hydroxyl groups is 1. The van der Waals surface area contributed by atoms with Gasteiger partial charge in [-0.15, -0.1) is 0 Å². The first-order chi connectivity index (χ1) is 7.65. The lowest BCUT2D eigenvalue weighted by molar-refractivity contribution is 0.202. The number of hydrogen-bond donors (Lipinski definition) is 1. The zero-order valence-electron chi connectivity index (χ0n) is 8.92. The van der Waals surface area contributed by atoms with Gasteiger partial charge in [-0.25, -0.2) is 4.39 Å². The van der Waals surface area contributed by atoms with Crippen LogP contribution in [0, 0.1) is 5.82 Å². The molecule has 1 aromatic carbocycles. The maximum absolute atomic E-state index is 13.5. The van der Waals surface area contributed by atoms with Gasteiger partial charge in [0.2, 0.25) is 0 Å². The third-order valence-electron chi connectivity index (χ3n) is 2.86. The largest absolute Gasteiger partial charge is 0.389 e. The molecule has 86 valence electrons. The van der Waals surface area contributed by atoms with Crippen LogP contribution in [0.15, 0.2) is 29.8 Å². The van der Waals surface area contributed by atoms with Gasteiger partial charge < -0.3 is 5.11 Å². The van der Waals surface area contributed by atoms with Gasteiger partial charge in [-0.2, -0.15) is 0 Å². The minimum absolute atomic E-state index is 0.270. The highest BCUT2D eigenvalue weighted by atomic mass is 35.5. The molecule has 0 amide bonds. The van der Waals surface area contributed by atoms with Crippen LogP contribution in [0.25, 0.3) is 0 Å². The summed E-state index contributed by atoms with van der Waals surface area (Å²) in [5.41, 5.74) is 1.75. The summed E-state index contributed by atoms with van der Waals surface area (Å²) in [5.74, 6) is -0.270. The second kappa shape index (κ2) is 4.98.